The van der Waals surface area contributed by atoms with Gasteiger partial charge in [0, 0.05) is 12.3 Å². The summed E-state index contributed by atoms with van der Waals surface area (Å²) in [4.78, 5) is 2.20. The van der Waals surface area contributed by atoms with E-state index in [0.29, 0.717) is 11.8 Å². The van der Waals surface area contributed by atoms with E-state index in [-0.39, 0.29) is 11.4 Å². The summed E-state index contributed by atoms with van der Waals surface area (Å²) in [5.41, 5.74) is 0.814. The van der Waals surface area contributed by atoms with Crippen LogP contribution in [0.4, 0.5) is 4.39 Å². The first-order chi connectivity index (χ1) is 11.5. The van der Waals surface area contributed by atoms with Crippen LogP contribution in [0.3, 0.4) is 0 Å². The highest BCUT2D eigenvalue weighted by Crippen LogP contribution is 2.52. The first kappa shape index (κ1) is 17.4. The summed E-state index contributed by atoms with van der Waals surface area (Å²) in [7, 11) is 5.93. The Hall–Kier alpha value is -1.39. The number of fused-ring (bicyclic) bond motifs is 1. The molecule has 0 radical (unpaired) electrons. The molecular weight excluding hydrogens is 305 g/mol. The lowest BCUT2D eigenvalue weighted by Gasteiger charge is -2.38. The molecule has 1 aliphatic carbocycles. The van der Waals surface area contributed by atoms with Gasteiger partial charge in [0.05, 0.1) is 25.1 Å². The summed E-state index contributed by atoms with van der Waals surface area (Å²) in [5.74, 6) is 1.79. The monoisotopic (exact) mass is 333 g/mol. The Morgan fingerprint density at radius 2 is 2.04 bits per heavy atom. The second-order valence-corrected chi connectivity index (χ2v) is 7.30. The van der Waals surface area contributed by atoms with E-state index < -0.39 is 0 Å². The van der Waals surface area contributed by atoms with Crippen molar-refractivity contribution in [1.29, 1.82) is 0 Å². The summed E-state index contributed by atoms with van der Waals surface area (Å²) in [6, 6.07) is 6.92. The van der Waals surface area contributed by atoms with E-state index in [4.69, 9.17) is 9.47 Å². The van der Waals surface area contributed by atoms with E-state index >= 15 is 0 Å². The number of nitrogens with zero attached hydrogens (tertiary/aromatic N) is 1. The molecule has 1 fully saturated rings. The first-order valence-corrected chi connectivity index (χ1v) is 8.83. The number of ether oxygens (including phenoxy) is 2. The van der Waals surface area contributed by atoms with Crippen molar-refractivity contribution in [3.8, 4) is 0 Å². The third-order valence-corrected chi connectivity index (χ3v) is 5.53. The molecule has 1 saturated heterocycles. The molecule has 0 bridgehead atoms. The van der Waals surface area contributed by atoms with E-state index in [9.17, 15) is 4.39 Å². The highest BCUT2D eigenvalue weighted by Gasteiger charge is 2.51. The minimum absolute atomic E-state index is 0.193. The Labute approximate surface area is 144 Å². The van der Waals surface area contributed by atoms with Gasteiger partial charge >= 0.3 is 0 Å². The van der Waals surface area contributed by atoms with Gasteiger partial charge in [-0.15, -0.1) is 0 Å². The first-order valence-electron chi connectivity index (χ1n) is 8.83. The van der Waals surface area contributed by atoms with Crippen LogP contribution in [0.1, 0.15) is 31.2 Å². The average Bonchev–Trinajstić information content (AvgIpc) is 2.94. The summed E-state index contributed by atoms with van der Waals surface area (Å²) >= 11 is 0. The molecule has 24 heavy (non-hydrogen) atoms. The highest BCUT2D eigenvalue weighted by atomic mass is 19.1. The molecule has 0 N–H and O–H groups in total. The Morgan fingerprint density at radius 1 is 1.29 bits per heavy atom. The fourth-order valence-electron chi connectivity index (χ4n) is 4.30. The van der Waals surface area contributed by atoms with E-state index in [2.05, 4.69) is 25.1 Å². The van der Waals surface area contributed by atoms with Gasteiger partial charge in [0.2, 0.25) is 0 Å². The van der Waals surface area contributed by atoms with Crippen molar-refractivity contribution >= 4 is 0 Å². The molecule has 3 unspecified atom stereocenters. The van der Waals surface area contributed by atoms with Crippen molar-refractivity contribution in [1.82, 2.24) is 4.90 Å². The Kier molecular flexibility index (Phi) is 5.26. The van der Waals surface area contributed by atoms with Crippen LogP contribution in [0.5, 0.6) is 0 Å². The molecule has 2 aliphatic rings. The Balaban J connectivity index is 1.88. The third-order valence-electron chi connectivity index (χ3n) is 5.53. The number of rotatable bonds is 6. The van der Waals surface area contributed by atoms with Gasteiger partial charge in [-0.05, 0) is 69.6 Å². The van der Waals surface area contributed by atoms with Crippen molar-refractivity contribution in [2.24, 2.45) is 11.8 Å². The Bertz CT molecular complexity index is 584. The summed E-state index contributed by atoms with van der Waals surface area (Å²) in [5, 5.41) is 0. The van der Waals surface area contributed by atoms with Gasteiger partial charge in [-0.1, -0.05) is 12.1 Å². The van der Waals surface area contributed by atoms with Crippen LogP contribution < -0.4 is 0 Å². The van der Waals surface area contributed by atoms with Crippen LogP contribution in [0.25, 0.3) is 0 Å². The molecule has 0 spiro atoms. The van der Waals surface area contributed by atoms with Crippen LogP contribution in [-0.4, -0.2) is 39.3 Å². The Morgan fingerprint density at radius 3 is 2.71 bits per heavy atom. The van der Waals surface area contributed by atoms with Crippen molar-refractivity contribution in [3.63, 3.8) is 0 Å². The quantitative estimate of drug-likeness (QED) is 0.787. The molecule has 3 atom stereocenters. The van der Waals surface area contributed by atoms with Crippen molar-refractivity contribution in [2.45, 2.75) is 31.3 Å². The normalized spacial score (nSPS) is 29.5. The molecule has 3 rings (SSSR count). The SMILES string of the molecule is COC1=CCC2C(COC2(CCCN(C)C)c2ccc(F)cc2)C1. The van der Waals surface area contributed by atoms with Crippen molar-refractivity contribution < 1.29 is 13.9 Å². The van der Waals surface area contributed by atoms with E-state index in [1.54, 1.807) is 19.2 Å². The molecule has 0 aromatic heterocycles. The highest BCUT2D eigenvalue weighted by molar-refractivity contribution is 5.27. The lowest BCUT2D eigenvalue weighted by Crippen LogP contribution is -2.36. The molecule has 4 heteroatoms. The molecular formula is C20H28FNO2. The third kappa shape index (κ3) is 3.35. The van der Waals surface area contributed by atoms with Gasteiger partial charge in [0.25, 0.3) is 0 Å². The van der Waals surface area contributed by atoms with E-state index in [0.717, 1.165) is 50.2 Å². The van der Waals surface area contributed by atoms with Crippen molar-refractivity contribution in [3.05, 3.63) is 47.5 Å². The van der Waals surface area contributed by atoms with Gasteiger partial charge in [-0.25, -0.2) is 4.39 Å². The fraction of sp³-hybridized carbons (Fsp3) is 0.600. The number of hydrogen-bond acceptors (Lipinski definition) is 3. The predicted molar refractivity (Wildman–Crippen MR) is 93.1 cm³/mol. The van der Waals surface area contributed by atoms with Crippen LogP contribution in [-0.2, 0) is 15.1 Å². The zero-order valence-corrected chi connectivity index (χ0v) is 14.9. The second-order valence-electron chi connectivity index (χ2n) is 7.30. The number of methoxy groups -OCH3 is 1. The van der Waals surface area contributed by atoms with Gasteiger partial charge in [0.15, 0.2) is 0 Å². The molecule has 0 amide bonds. The smallest absolute Gasteiger partial charge is 0.123 e. The lowest BCUT2D eigenvalue weighted by atomic mass is 9.70. The van der Waals surface area contributed by atoms with Gasteiger partial charge in [-0.3, -0.25) is 0 Å². The lowest BCUT2D eigenvalue weighted by molar-refractivity contribution is -0.0363. The minimum Gasteiger partial charge on any atom is -0.501 e. The molecule has 3 nitrogen and oxygen atoms in total. The van der Waals surface area contributed by atoms with Crippen LogP contribution in [0.2, 0.25) is 0 Å². The van der Waals surface area contributed by atoms with E-state index in [1.165, 1.54) is 0 Å². The number of allylic oxidation sites excluding steroid dienone is 2. The largest absolute Gasteiger partial charge is 0.501 e. The summed E-state index contributed by atoms with van der Waals surface area (Å²) in [6.45, 7) is 1.79. The van der Waals surface area contributed by atoms with Gasteiger partial charge < -0.3 is 14.4 Å². The molecule has 1 aromatic rings. The van der Waals surface area contributed by atoms with Crippen LogP contribution in [0, 0.1) is 17.7 Å². The average molecular weight is 333 g/mol. The number of hydrogen-bond donors (Lipinski definition) is 0. The van der Waals surface area contributed by atoms with Crippen LogP contribution in [0.15, 0.2) is 36.1 Å². The van der Waals surface area contributed by atoms with Crippen LogP contribution >= 0.6 is 0 Å². The molecule has 1 heterocycles. The molecule has 132 valence electrons. The zero-order valence-electron chi connectivity index (χ0n) is 14.9. The number of benzene rings is 1. The maximum Gasteiger partial charge on any atom is 0.123 e. The molecule has 1 aliphatic heterocycles. The zero-order chi connectivity index (χ0) is 17.2. The second kappa shape index (κ2) is 7.24. The predicted octanol–water partition coefficient (Wildman–Crippen LogP) is 3.95. The number of halogens is 1. The minimum atomic E-state index is -0.301. The maximum atomic E-state index is 13.4. The topological polar surface area (TPSA) is 21.7 Å². The van der Waals surface area contributed by atoms with Crippen molar-refractivity contribution in [2.75, 3.05) is 34.4 Å². The van der Waals surface area contributed by atoms with Gasteiger partial charge in [-0.2, -0.15) is 0 Å². The van der Waals surface area contributed by atoms with Gasteiger partial charge in [0.1, 0.15) is 5.82 Å². The van der Waals surface area contributed by atoms with E-state index in [1.807, 2.05) is 12.1 Å². The summed E-state index contributed by atoms with van der Waals surface area (Å²) in [6.07, 6.45) is 6.15. The fourth-order valence-corrected chi connectivity index (χ4v) is 4.30. The standard InChI is InChI=1S/C20H28FNO2/c1-22(2)12-4-11-20(16-5-7-17(21)8-6-16)19-10-9-18(23-3)13-15(19)14-24-20/h5-9,15,19H,4,10-14H2,1-3H3. The molecule has 1 aromatic carbocycles. The molecule has 0 saturated carbocycles. The summed E-state index contributed by atoms with van der Waals surface area (Å²) < 4.78 is 25.3. The maximum absolute atomic E-state index is 13.4.